The maximum atomic E-state index is 9.68. The topological polar surface area (TPSA) is 20.2 Å². The minimum absolute atomic E-state index is 0.0666. The SMILES string of the molecule is CC(C)C(O)C1CC(C)(C)C1. The molecule has 0 spiro atoms. The van der Waals surface area contributed by atoms with Gasteiger partial charge in [0.15, 0.2) is 0 Å². The summed E-state index contributed by atoms with van der Waals surface area (Å²) in [5, 5.41) is 9.68. The van der Waals surface area contributed by atoms with Crippen LogP contribution in [0.3, 0.4) is 0 Å². The van der Waals surface area contributed by atoms with Crippen LogP contribution in [-0.2, 0) is 0 Å². The van der Waals surface area contributed by atoms with E-state index in [9.17, 15) is 5.11 Å². The fourth-order valence-electron chi connectivity index (χ4n) is 2.15. The van der Waals surface area contributed by atoms with Crippen LogP contribution in [0.1, 0.15) is 40.5 Å². The molecule has 0 aromatic carbocycles. The zero-order valence-electron chi connectivity index (χ0n) is 8.09. The van der Waals surface area contributed by atoms with E-state index >= 15 is 0 Å². The molecule has 1 fully saturated rings. The van der Waals surface area contributed by atoms with Gasteiger partial charge in [0, 0.05) is 0 Å². The summed E-state index contributed by atoms with van der Waals surface area (Å²) < 4.78 is 0. The van der Waals surface area contributed by atoms with Crippen LogP contribution in [0.2, 0.25) is 0 Å². The van der Waals surface area contributed by atoms with E-state index < -0.39 is 0 Å². The molecule has 0 saturated heterocycles. The lowest BCUT2D eigenvalue weighted by Crippen LogP contribution is -2.41. The Kier molecular flexibility index (Phi) is 2.29. The predicted molar refractivity (Wildman–Crippen MR) is 47.3 cm³/mol. The monoisotopic (exact) mass is 156 g/mol. The quantitative estimate of drug-likeness (QED) is 0.651. The van der Waals surface area contributed by atoms with Gasteiger partial charge in [-0.05, 0) is 30.1 Å². The molecular weight excluding hydrogens is 136 g/mol. The predicted octanol–water partition coefficient (Wildman–Crippen LogP) is 2.44. The van der Waals surface area contributed by atoms with Gasteiger partial charge in [-0.15, -0.1) is 0 Å². The third-order valence-corrected chi connectivity index (χ3v) is 2.80. The average molecular weight is 156 g/mol. The second kappa shape index (κ2) is 2.78. The van der Waals surface area contributed by atoms with Crippen molar-refractivity contribution in [2.24, 2.45) is 17.3 Å². The zero-order valence-corrected chi connectivity index (χ0v) is 8.09. The number of rotatable bonds is 2. The van der Waals surface area contributed by atoms with Crippen LogP contribution in [0, 0.1) is 17.3 Å². The van der Waals surface area contributed by atoms with Crippen molar-refractivity contribution in [3.63, 3.8) is 0 Å². The normalized spacial score (nSPS) is 26.7. The summed E-state index contributed by atoms with van der Waals surface area (Å²) in [6, 6.07) is 0. The van der Waals surface area contributed by atoms with Gasteiger partial charge >= 0.3 is 0 Å². The highest BCUT2D eigenvalue weighted by Gasteiger charge is 2.40. The Bertz CT molecular complexity index is 130. The highest BCUT2D eigenvalue weighted by atomic mass is 16.3. The van der Waals surface area contributed by atoms with Crippen molar-refractivity contribution in [2.75, 3.05) is 0 Å². The Hall–Kier alpha value is -0.0400. The van der Waals surface area contributed by atoms with Crippen LogP contribution in [0.5, 0.6) is 0 Å². The van der Waals surface area contributed by atoms with E-state index in [4.69, 9.17) is 0 Å². The number of aliphatic hydroxyl groups is 1. The van der Waals surface area contributed by atoms with Crippen LogP contribution in [0.4, 0.5) is 0 Å². The third-order valence-electron chi connectivity index (χ3n) is 2.80. The fraction of sp³-hybridized carbons (Fsp3) is 1.00. The van der Waals surface area contributed by atoms with Gasteiger partial charge in [0.05, 0.1) is 6.10 Å². The summed E-state index contributed by atoms with van der Waals surface area (Å²) in [5.41, 5.74) is 0.501. The molecule has 0 amide bonds. The summed E-state index contributed by atoms with van der Waals surface area (Å²) in [7, 11) is 0. The van der Waals surface area contributed by atoms with E-state index in [2.05, 4.69) is 27.7 Å². The number of hydrogen-bond acceptors (Lipinski definition) is 1. The smallest absolute Gasteiger partial charge is 0.0591 e. The largest absolute Gasteiger partial charge is 0.393 e. The van der Waals surface area contributed by atoms with Gasteiger partial charge in [-0.3, -0.25) is 0 Å². The van der Waals surface area contributed by atoms with Crippen molar-refractivity contribution in [3.8, 4) is 0 Å². The molecule has 66 valence electrons. The molecule has 0 heterocycles. The molecule has 0 bridgehead atoms. The van der Waals surface area contributed by atoms with Crippen molar-refractivity contribution in [1.29, 1.82) is 0 Å². The van der Waals surface area contributed by atoms with Gasteiger partial charge in [0.2, 0.25) is 0 Å². The molecule has 0 aromatic rings. The maximum absolute atomic E-state index is 9.68. The molecule has 1 atom stereocenters. The molecule has 11 heavy (non-hydrogen) atoms. The average Bonchev–Trinajstić information content (AvgIpc) is 1.80. The number of aliphatic hydroxyl groups excluding tert-OH is 1. The van der Waals surface area contributed by atoms with Gasteiger partial charge in [0.25, 0.3) is 0 Å². The molecule has 1 rings (SSSR count). The Morgan fingerprint density at radius 3 is 2.00 bits per heavy atom. The van der Waals surface area contributed by atoms with E-state index in [-0.39, 0.29) is 6.10 Å². The second-order valence-corrected chi connectivity index (χ2v) is 5.07. The van der Waals surface area contributed by atoms with Gasteiger partial charge in [-0.25, -0.2) is 0 Å². The Morgan fingerprint density at radius 1 is 1.27 bits per heavy atom. The van der Waals surface area contributed by atoms with Crippen LogP contribution < -0.4 is 0 Å². The Labute approximate surface area is 69.8 Å². The summed E-state index contributed by atoms with van der Waals surface area (Å²) >= 11 is 0. The number of hydrogen-bond donors (Lipinski definition) is 1. The summed E-state index contributed by atoms with van der Waals surface area (Å²) in [6.45, 7) is 8.74. The highest BCUT2D eigenvalue weighted by Crippen LogP contribution is 2.47. The van der Waals surface area contributed by atoms with Gasteiger partial charge in [-0.1, -0.05) is 27.7 Å². The first-order chi connectivity index (χ1) is 4.92. The van der Waals surface area contributed by atoms with Crippen molar-refractivity contribution in [1.82, 2.24) is 0 Å². The van der Waals surface area contributed by atoms with Crippen LogP contribution in [0.25, 0.3) is 0 Å². The molecule has 1 N–H and O–H groups in total. The first-order valence-electron chi connectivity index (χ1n) is 4.60. The lowest BCUT2D eigenvalue weighted by Gasteiger charge is -2.46. The third kappa shape index (κ3) is 1.96. The zero-order chi connectivity index (χ0) is 8.65. The first kappa shape index (κ1) is 9.05. The molecule has 1 saturated carbocycles. The maximum Gasteiger partial charge on any atom is 0.0591 e. The van der Waals surface area contributed by atoms with Crippen molar-refractivity contribution in [2.45, 2.75) is 46.6 Å². The molecule has 1 heteroatoms. The minimum Gasteiger partial charge on any atom is -0.393 e. The molecule has 0 aliphatic heterocycles. The standard InChI is InChI=1S/C10H20O/c1-7(2)9(11)8-5-10(3,4)6-8/h7-9,11H,5-6H2,1-4H3. The molecule has 0 aromatic heterocycles. The van der Waals surface area contributed by atoms with Crippen LogP contribution >= 0.6 is 0 Å². The van der Waals surface area contributed by atoms with Gasteiger partial charge in [0.1, 0.15) is 0 Å². The van der Waals surface area contributed by atoms with E-state index in [1.807, 2.05) is 0 Å². The van der Waals surface area contributed by atoms with Crippen molar-refractivity contribution < 1.29 is 5.11 Å². The minimum atomic E-state index is -0.0666. The lowest BCUT2D eigenvalue weighted by atomic mass is 9.61. The van der Waals surface area contributed by atoms with Crippen molar-refractivity contribution >= 4 is 0 Å². The van der Waals surface area contributed by atoms with Crippen LogP contribution in [0.15, 0.2) is 0 Å². The lowest BCUT2D eigenvalue weighted by molar-refractivity contribution is -0.0355. The van der Waals surface area contributed by atoms with E-state index in [1.54, 1.807) is 0 Å². The molecule has 1 aliphatic rings. The van der Waals surface area contributed by atoms with Crippen LogP contribution in [-0.4, -0.2) is 11.2 Å². The van der Waals surface area contributed by atoms with Gasteiger partial charge < -0.3 is 5.11 Å². The summed E-state index contributed by atoms with van der Waals surface area (Å²) in [6.07, 6.45) is 2.33. The molecule has 0 radical (unpaired) electrons. The molecule has 1 aliphatic carbocycles. The van der Waals surface area contributed by atoms with E-state index in [0.29, 0.717) is 17.3 Å². The van der Waals surface area contributed by atoms with Gasteiger partial charge in [-0.2, -0.15) is 0 Å². The summed E-state index contributed by atoms with van der Waals surface area (Å²) in [5.74, 6) is 1.00. The van der Waals surface area contributed by atoms with Crippen molar-refractivity contribution in [3.05, 3.63) is 0 Å². The summed E-state index contributed by atoms with van der Waals surface area (Å²) in [4.78, 5) is 0. The Morgan fingerprint density at radius 2 is 1.73 bits per heavy atom. The fourth-order valence-corrected chi connectivity index (χ4v) is 2.15. The highest BCUT2D eigenvalue weighted by molar-refractivity contribution is 4.91. The molecular formula is C10H20O. The second-order valence-electron chi connectivity index (χ2n) is 5.07. The first-order valence-corrected chi connectivity index (χ1v) is 4.60. The van der Waals surface area contributed by atoms with E-state index in [1.165, 1.54) is 12.8 Å². The molecule has 1 unspecified atom stereocenters. The molecule has 1 nitrogen and oxygen atoms in total. The van der Waals surface area contributed by atoms with E-state index in [0.717, 1.165) is 0 Å². The Balaban J connectivity index is 2.32.